The number of nitrogens with one attached hydrogen (secondary N) is 1. The van der Waals surface area contributed by atoms with Gasteiger partial charge in [-0.05, 0) is 30.7 Å². The largest absolute Gasteiger partial charge is 0.506 e. The van der Waals surface area contributed by atoms with Crippen LogP contribution >= 0.6 is 0 Å². The zero-order chi connectivity index (χ0) is 16.4. The Labute approximate surface area is 131 Å². The SMILES string of the molecule is Cc1coc2ccc(C(=O)NN=Cc3ccccc3F)c(O)c12. The fourth-order valence-electron chi connectivity index (χ4n) is 2.25. The molecule has 2 N–H and O–H groups in total. The number of aryl methyl sites for hydroxylation is 1. The molecule has 1 amide bonds. The maximum Gasteiger partial charge on any atom is 0.275 e. The highest BCUT2D eigenvalue weighted by molar-refractivity contribution is 6.03. The first-order valence-corrected chi connectivity index (χ1v) is 6.85. The predicted molar refractivity (Wildman–Crippen MR) is 84.1 cm³/mol. The fourth-order valence-corrected chi connectivity index (χ4v) is 2.25. The minimum atomic E-state index is -0.599. The summed E-state index contributed by atoms with van der Waals surface area (Å²) in [6.45, 7) is 1.77. The van der Waals surface area contributed by atoms with E-state index in [4.69, 9.17) is 4.42 Å². The van der Waals surface area contributed by atoms with Gasteiger partial charge < -0.3 is 9.52 Å². The molecule has 0 atom stereocenters. The molecule has 0 aliphatic carbocycles. The normalized spacial score (nSPS) is 11.2. The van der Waals surface area contributed by atoms with Crippen molar-refractivity contribution in [2.75, 3.05) is 0 Å². The number of rotatable bonds is 3. The van der Waals surface area contributed by atoms with Crippen molar-refractivity contribution in [3.63, 3.8) is 0 Å². The van der Waals surface area contributed by atoms with Gasteiger partial charge in [0.05, 0.1) is 23.4 Å². The van der Waals surface area contributed by atoms with E-state index in [0.717, 1.165) is 5.56 Å². The minimum absolute atomic E-state index is 0.0627. The number of aromatic hydroxyl groups is 1. The lowest BCUT2D eigenvalue weighted by Crippen LogP contribution is -2.17. The molecule has 0 fully saturated rings. The number of phenolic OH excluding ortho intramolecular Hbond substituents is 1. The Balaban J connectivity index is 1.83. The van der Waals surface area contributed by atoms with Crippen LogP contribution < -0.4 is 5.43 Å². The summed E-state index contributed by atoms with van der Waals surface area (Å²) in [5.41, 5.74) is 3.79. The smallest absolute Gasteiger partial charge is 0.275 e. The number of hydrogen-bond donors (Lipinski definition) is 2. The summed E-state index contributed by atoms with van der Waals surface area (Å²) in [5, 5.41) is 14.4. The molecule has 0 spiro atoms. The summed E-state index contributed by atoms with van der Waals surface area (Å²) in [4.78, 5) is 12.1. The first-order chi connectivity index (χ1) is 11.1. The first-order valence-electron chi connectivity index (χ1n) is 6.85. The Morgan fingerprint density at radius 3 is 2.87 bits per heavy atom. The summed E-state index contributed by atoms with van der Waals surface area (Å²) in [6, 6.07) is 9.08. The molecule has 1 heterocycles. The number of nitrogens with zero attached hydrogens (tertiary/aromatic N) is 1. The van der Waals surface area contributed by atoms with Crippen LogP contribution in [0.25, 0.3) is 11.0 Å². The zero-order valence-corrected chi connectivity index (χ0v) is 12.2. The number of amides is 1. The second-order valence-corrected chi connectivity index (χ2v) is 4.97. The van der Waals surface area contributed by atoms with Gasteiger partial charge in [0, 0.05) is 5.56 Å². The van der Waals surface area contributed by atoms with Crippen LogP contribution in [0.15, 0.2) is 52.2 Å². The van der Waals surface area contributed by atoms with Crippen molar-refractivity contribution in [3.8, 4) is 5.75 Å². The van der Waals surface area contributed by atoms with Gasteiger partial charge in [0.25, 0.3) is 5.91 Å². The van der Waals surface area contributed by atoms with Crippen molar-refractivity contribution < 1.29 is 18.7 Å². The molecule has 5 nitrogen and oxygen atoms in total. The van der Waals surface area contributed by atoms with Crippen molar-refractivity contribution in [1.82, 2.24) is 5.43 Å². The van der Waals surface area contributed by atoms with Gasteiger partial charge in [0.15, 0.2) is 0 Å². The summed E-state index contributed by atoms with van der Waals surface area (Å²) in [5.74, 6) is -1.21. The number of carbonyl (C=O) groups is 1. The third-order valence-electron chi connectivity index (χ3n) is 3.42. The summed E-state index contributed by atoms with van der Waals surface area (Å²) < 4.78 is 18.7. The molecule has 0 saturated heterocycles. The molecule has 23 heavy (non-hydrogen) atoms. The number of hydrogen-bond acceptors (Lipinski definition) is 4. The number of phenols is 1. The quantitative estimate of drug-likeness (QED) is 0.575. The van der Waals surface area contributed by atoms with Crippen LogP contribution in [-0.4, -0.2) is 17.2 Å². The molecule has 3 aromatic rings. The molecule has 0 radical (unpaired) electrons. The van der Waals surface area contributed by atoms with Gasteiger partial charge in [-0.15, -0.1) is 0 Å². The van der Waals surface area contributed by atoms with E-state index in [2.05, 4.69) is 10.5 Å². The standard InChI is InChI=1S/C17H13FN2O3/c1-10-9-23-14-7-6-12(16(21)15(10)14)17(22)20-19-8-11-4-2-3-5-13(11)18/h2-9,21H,1H3,(H,20,22). The molecule has 0 aliphatic rings. The van der Waals surface area contributed by atoms with E-state index < -0.39 is 11.7 Å². The Kier molecular flexibility index (Phi) is 3.80. The van der Waals surface area contributed by atoms with Crippen molar-refractivity contribution in [1.29, 1.82) is 0 Å². The average Bonchev–Trinajstić information content (AvgIpc) is 2.91. The van der Waals surface area contributed by atoms with E-state index in [1.807, 2.05) is 0 Å². The topological polar surface area (TPSA) is 74.8 Å². The summed E-state index contributed by atoms with van der Waals surface area (Å²) >= 11 is 0. The lowest BCUT2D eigenvalue weighted by atomic mass is 10.1. The monoisotopic (exact) mass is 312 g/mol. The van der Waals surface area contributed by atoms with E-state index in [9.17, 15) is 14.3 Å². The highest BCUT2D eigenvalue weighted by atomic mass is 19.1. The molecule has 6 heteroatoms. The number of halogens is 1. The molecule has 116 valence electrons. The molecule has 2 aromatic carbocycles. The maximum atomic E-state index is 13.4. The molecular formula is C17H13FN2O3. The van der Waals surface area contributed by atoms with E-state index in [1.54, 1.807) is 25.1 Å². The van der Waals surface area contributed by atoms with E-state index in [0.29, 0.717) is 11.0 Å². The van der Waals surface area contributed by atoms with Gasteiger partial charge >= 0.3 is 0 Å². The van der Waals surface area contributed by atoms with Gasteiger partial charge in [-0.2, -0.15) is 5.10 Å². The van der Waals surface area contributed by atoms with Crippen molar-refractivity contribution in [3.05, 3.63) is 65.2 Å². The van der Waals surface area contributed by atoms with Gasteiger partial charge in [0.2, 0.25) is 0 Å². The molecule has 1 aromatic heterocycles. The fraction of sp³-hybridized carbons (Fsp3) is 0.0588. The Morgan fingerprint density at radius 1 is 1.30 bits per heavy atom. The van der Waals surface area contributed by atoms with E-state index in [-0.39, 0.29) is 16.9 Å². The predicted octanol–water partition coefficient (Wildman–Crippen LogP) is 3.35. The van der Waals surface area contributed by atoms with Crippen LogP contribution in [0.5, 0.6) is 5.75 Å². The van der Waals surface area contributed by atoms with E-state index >= 15 is 0 Å². The van der Waals surface area contributed by atoms with Crippen LogP contribution in [0.2, 0.25) is 0 Å². The summed E-state index contributed by atoms with van der Waals surface area (Å²) in [7, 11) is 0. The van der Waals surface area contributed by atoms with Crippen LogP contribution in [0, 0.1) is 12.7 Å². The third-order valence-corrected chi connectivity index (χ3v) is 3.42. The third kappa shape index (κ3) is 2.78. The number of fused-ring (bicyclic) bond motifs is 1. The molecular weight excluding hydrogens is 299 g/mol. The lowest BCUT2D eigenvalue weighted by Gasteiger charge is -2.04. The Morgan fingerprint density at radius 2 is 2.09 bits per heavy atom. The average molecular weight is 312 g/mol. The zero-order valence-electron chi connectivity index (χ0n) is 12.2. The molecule has 3 rings (SSSR count). The van der Waals surface area contributed by atoms with Gasteiger partial charge in [-0.1, -0.05) is 18.2 Å². The lowest BCUT2D eigenvalue weighted by molar-refractivity contribution is 0.0952. The van der Waals surface area contributed by atoms with Crippen LogP contribution in [-0.2, 0) is 0 Å². The Hall–Kier alpha value is -3.15. The van der Waals surface area contributed by atoms with Crippen LogP contribution in [0.1, 0.15) is 21.5 Å². The Bertz CT molecular complexity index is 915. The molecule has 0 saturated carbocycles. The second kappa shape index (κ2) is 5.92. The van der Waals surface area contributed by atoms with Crippen LogP contribution in [0.3, 0.4) is 0 Å². The number of carbonyl (C=O) groups excluding carboxylic acids is 1. The van der Waals surface area contributed by atoms with Gasteiger partial charge in [-0.25, -0.2) is 9.82 Å². The minimum Gasteiger partial charge on any atom is -0.506 e. The number of furan rings is 1. The van der Waals surface area contributed by atoms with Crippen molar-refractivity contribution >= 4 is 23.1 Å². The van der Waals surface area contributed by atoms with Gasteiger partial charge in [0.1, 0.15) is 17.1 Å². The first kappa shape index (κ1) is 14.8. The second-order valence-electron chi connectivity index (χ2n) is 4.97. The van der Waals surface area contributed by atoms with Crippen LogP contribution in [0.4, 0.5) is 4.39 Å². The summed E-state index contributed by atoms with van der Waals surface area (Å²) in [6.07, 6.45) is 2.70. The van der Waals surface area contributed by atoms with Crippen molar-refractivity contribution in [2.24, 2.45) is 5.10 Å². The maximum absolute atomic E-state index is 13.4. The highest BCUT2D eigenvalue weighted by Gasteiger charge is 2.16. The molecule has 0 bridgehead atoms. The van der Waals surface area contributed by atoms with Crippen molar-refractivity contribution in [2.45, 2.75) is 6.92 Å². The number of hydrazone groups is 1. The highest BCUT2D eigenvalue weighted by Crippen LogP contribution is 2.32. The molecule has 0 unspecified atom stereocenters. The van der Waals surface area contributed by atoms with Gasteiger partial charge in [-0.3, -0.25) is 4.79 Å². The molecule has 0 aliphatic heterocycles. The van der Waals surface area contributed by atoms with E-state index in [1.165, 1.54) is 30.7 Å². The number of benzene rings is 2.